The summed E-state index contributed by atoms with van der Waals surface area (Å²) in [6.07, 6.45) is 5.85. The van der Waals surface area contributed by atoms with Gasteiger partial charge in [0, 0.05) is 6.04 Å². The third kappa shape index (κ3) is 3.10. The SMILES string of the molecule is O=C(NCc1nc2ccccc2o1)NC1CCCCC1. The number of oxazole rings is 1. The molecule has 2 amide bonds. The summed E-state index contributed by atoms with van der Waals surface area (Å²) in [6, 6.07) is 7.75. The molecule has 3 rings (SSSR count). The predicted octanol–water partition coefficient (Wildman–Crippen LogP) is 2.96. The molecule has 1 aromatic heterocycles. The van der Waals surface area contributed by atoms with Crippen molar-refractivity contribution in [2.75, 3.05) is 0 Å². The van der Waals surface area contributed by atoms with Crippen LogP contribution in [0.1, 0.15) is 38.0 Å². The maximum atomic E-state index is 11.8. The number of nitrogens with zero attached hydrogens (tertiary/aromatic N) is 1. The summed E-state index contributed by atoms with van der Waals surface area (Å²) in [5.74, 6) is 0.532. The maximum Gasteiger partial charge on any atom is 0.315 e. The van der Waals surface area contributed by atoms with Crippen molar-refractivity contribution in [3.63, 3.8) is 0 Å². The molecule has 5 nitrogen and oxygen atoms in total. The Morgan fingerprint density at radius 2 is 2.05 bits per heavy atom. The zero-order valence-electron chi connectivity index (χ0n) is 11.4. The molecule has 0 bridgehead atoms. The summed E-state index contributed by atoms with van der Waals surface area (Å²) in [6.45, 7) is 0.313. The lowest BCUT2D eigenvalue weighted by Gasteiger charge is -2.22. The average molecular weight is 273 g/mol. The lowest BCUT2D eigenvalue weighted by molar-refractivity contribution is 0.231. The van der Waals surface area contributed by atoms with Crippen LogP contribution in [0.2, 0.25) is 0 Å². The zero-order valence-corrected chi connectivity index (χ0v) is 11.4. The van der Waals surface area contributed by atoms with Gasteiger partial charge in [0.1, 0.15) is 5.52 Å². The fourth-order valence-electron chi connectivity index (χ4n) is 2.63. The number of urea groups is 1. The number of rotatable bonds is 3. The molecule has 1 aromatic carbocycles. The van der Waals surface area contributed by atoms with Crippen LogP contribution in [-0.4, -0.2) is 17.1 Å². The Bertz CT molecular complexity index is 555. The van der Waals surface area contributed by atoms with Crippen LogP contribution < -0.4 is 10.6 Å². The Balaban J connectivity index is 1.51. The second-order valence-corrected chi connectivity index (χ2v) is 5.24. The minimum atomic E-state index is -0.140. The molecular formula is C15H19N3O2. The Kier molecular flexibility index (Phi) is 3.85. The molecule has 2 N–H and O–H groups in total. The van der Waals surface area contributed by atoms with E-state index in [1.807, 2.05) is 24.3 Å². The quantitative estimate of drug-likeness (QED) is 0.903. The molecular weight excluding hydrogens is 254 g/mol. The van der Waals surface area contributed by atoms with Gasteiger partial charge in [0.15, 0.2) is 5.58 Å². The largest absolute Gasteiger partial charge is 0.439 e. The number of carbonyl (C=O) groups excluding carboxylic acids is 1. The van der Waals surface area contributed by atoms with E-state index in [9.17, 15) is 4.79 Å². The molecule has 1 aliphatic carbocycles. The average Bonchev–Trinajstić information content (AvgIpc) is 2.89. The first-order valence-electron chi connectivity index (χ1n) is 7.20. The van der Waals surface area contributed by atoms with Crippen LogP contribution in [0, 0.1) is 0 Å². The van der Waals surface area contributed by atoms with Crippen molar-refractivity contribution in [3.8, 4) is 0 Å². The summed E-state index contributed by atoms with van der Waals surface area (Å²) in [7, 11) is 0. The highest BCUT2D eigenvalue weighted by Crippen LogP contribution is 2.17. The molecule has 20 heavy (non-hydrogen) atoms. The third-order valence-corrected chi connectivity index (χ3v) is 3.68. The van der Waals surface area contributed by atoms with Gasteiger partial charge in [-0.2, -0.15) is 0 Å². The number of carbonyl (C=O) groups is 1. The Morgan fingerprint density at radius 1 is 1.25 bits per heavy atom. The van der Waals surface area contributed by atoms with E-state index >= 15 is 0 Å². The van der Waals surface area contributed by atoms with Gasteiger partial charge < -0.3 is 15.1 Å². The van der Waals surface area contributed by atoms with E-state index in [0.717, 1.165) is 23.9 Å². The summed E-state index contributed by atoms with van der Waals surface area (Å²) in [5.41, 5.74) is 1.56. The smallest absolute Gasteiger partial charge is 0.315 e. The Labute approximate surface area is 117 Å². The fraction of sp³-hybridized carbons (Fsp3) is 0.467. The third-order valence-electron chi connectivity index (χ3n) is 3.68. The lowest BCUT2D eigenvalue weighted by Crippen LogP contribution is -2.42. The molecule has 0 unspecified atom stereocenters. The van der Waals surface area contributed by atoms with Crippen LogP contribution in [0.5, 0.6) is 0 Å². The normalized spacial score (nSPS) is 16.2. The Morgan fingerprint density at radius 3 is 2.85 bits per heavy atom. The summed E-state index contributed by atoms with van der Waals surface area (Å²) in [5, 5.41) is 5.80. The van der Waals surface area contributed by atoms with Crippen molar-refractivity contribution in [2.45, 2.75) is 44.7 Å². The van der Waals surface area contributed by atoms with Gasteiger partial charge in [0.2, 0.25) is 5.89 Å². The summed E-state index contributed by atoms with van der Waals surface area (Å²) in [4.78, 5) is 16.1. The number of benzene rings is 1. The van der Waals surface area contributed by atoms with Crippen molar-refractivity contribution in [3.05, 3.63) is 30.2 Å². The van der Waals surface area contributed by atoms with E-state index in [1.54, 1.807) is 0 Å². The number of hydrogen-bond donors (Lipinski definition) is 2. The topological polar surface area (TPSA) is 67.2 Å². The monoisotopic (exact) mass is 273 g/mol. The molecule has 1 aliphatic rings. The number of hydrogen-bond acceptors (Lipinski definition) is 3. The minimum absolute atomic E-state index is 0.140. The first kappa shape index (κ1) is 13.0. The number of para-hydroxylation sites is 2. The standard InChI is InChI=1S/C15H19N3O2/c19-15(17-11-6-2-1-3-7-11)16-10-14-18-12-8-4-5-9-13(12)20-14/h4-5,8-9,11H,1-3,6-7,10H2,(H2,16,17,19). The van der Waals surface area contributed by atoms with Crippen LogP contribution in [0.25, 0.3) is 11.1 Å². The van der Waals surface area contributed by atoms with Crippen molar-refractivity contribution >= 4 is 17.1 Å². The minimum Gasteiger partial charge on any atom is -0.439 e. The van der Waals surface area contributed by atoms with E-state index in [2.05, 4.69) is 15.6 Å². The van der Waals surface area contributed by atoms with Crippen LogP contribution >= 0.6 is 0 Å². The van der Waals surface area contributed by atoms with Gasteiger partial charge in [0.05, 0.1) is 6.54 Å². The highest BCUT2D eigenvalue weighted by Gasteiger charge is 2.15. The molecule has 1 fully saturated rings. The van der Waals surface area contributed by atoms with Gasteiger partial charge >= 0.3 is 6.03 Å². The zero-order chi connectivity index (χ0) is 13.8. The highest BCUT2D eigenvalue weighted by atomic mass is 16.3. The Hall–Kier alpha value is -2.04. The molecule has 0 radical (unpaired) electrons. The summed E-state index contributed by atoms with van der Waals surface area (Å²) >= 11 is 0. The van der Waals surface area contributed by atoms with Gasteiger partial charge in [-0.3, -0.25) is 0 Å². The lowest BCUT2D eigenvalue weighted by atomic mass is 9.96. The van der Waals surface area contributed by atoms with E-state index in [0.29, 0.717) is 18.5 Å². The number of amides is 2. The fourth-order valence-corrected chi connectivity index (χ4v) is 2.63. The van der Waals surface area contributed by atoms with Crippen LogP contribution in [0.4, 0.5) is 4.79 Å². The molecule has 0 aliphatic heterocycles. The first-order chi connectivity index (χ1) is 9.81. The second-order valence-electron chi connectivity index (χ2n) is 5.24. The molecule has 106 valence electrons. The highest BCUT2D eigenvalue weighted by molar-refractivity contribution is 5.74. The van der Waals surface area contributed by atoms with Crippen LogP contribution in [0.3, 0.4) is 0 Å². The van der Waals surface area contributed by atoms with E-state index in [-0.39, 0.29) is 6.03 Å². The molecule has 1 heterocycles. The molecule has 2 aromatic rings. The van der Waals surface area contributed by atoms with Crippen LogP contribution in [0.15, 0.2) is 28.7 Å². The molecule has 1 saturated carbocycles. The van der Waals surface area contributed by atoms with Gasteiger partial charge in [0.25, 0.3) is 0 Å². The van der Waals surface area contributed by atoms with Crippen molar-refractivity contribution < 1.29 is 9.21 Å². The predicted molar refractivity (Wildman–Crippen MR) is 76.3 cm³/mol. The molecule has 0 spiro atoms. The van der Waals surface area contributed by atoms with Gasteiger partial charge in [-0.25, -0.2) is 9.78 Å². The van der Waals surface area contributed by atoms with Crippen molar-refractivity contribution in [1.82, 2.24) is 15.6 Å². The van der Waals surface area contributed by atoms with Gasteiger partial charge in [-0.05, 0) is 25.0 Å². The molecule has 0 saturated heterocycles. The van der Waals surface area contributed by atoms with E-state index < -0.39 is 0 Å². The molecule has 5 heteroatoms. The first-order valence-corrected chi connectivity index (χ1v) is 7.20. The number of nitrogens with one attached hydrogen (secondary N) is 2. The van der Waals surface area contributed by atoms with E-state index in [1.165, 1.54) is 19.3 Å². The number of aromatic nitrogens is 1. The van der Waals surface area contributed by atoms with E-state index in [4.69, 9.17) is 4.42 Å². The van der Waals surface area contributed by atoms with Gasteiger partial charge in [-0.1, -0.05) is 31.4 Å². The van der Waals surface area contributed by atoms with Gasteiger partial charge in [-0.15, -0.1) is 0 Å². The summed E-state index contributed by atoms with van der Waals surface area (Å²) < 4.78 is 5.55. The second kappa shape index (κ2) is 5.94. The van der Waals surface area contributed by atoms with Crippen molar-refractivity contribution in [2.24, 2.45) is 0 Å². The maximum absolute atomic E-state index is 11.8. The van der Waals surface area contributed by atoms with Crippen molar-refractivity contribution in [1.29, 1.82) is 0 Å². The van der Waals surface area contributed by atoms with Crippen LogP contribution in [-0.2, 0) is 6.54 Å². The molecule has 0 atom stereocenters. The number of fused-ring (bicyclic) bond motifs is 1.